The fraction of sp³-hybridized carbons (Fsp3) is 0.846. The second kappa shape index (κ2) is 7.14. The van der Waals surface area contributed by atoms with E-state index in [4.69, 9.17) is 9.05 Å². The molecule has 3 nitrogen and oxygen atoms in total. The molecular formula is C13H25O3PS. The van der Waals surface area contributed by atoms with Gasteiger partial charge in [-0.2, -0.15) is 0 Å². The number of hydrogen-bond acceptors (Lipinski definition) is 4. The molecule has 1 unspecified atom stereocenters. The minimum absolute atomic E-state index is 0.0873. The van der Waals surface area contributed by atoms with Crippen LogP contribution in [0.4, 0.5) is 0 Å². The van der Waals surface area contributed by atoms with E-state index in [1.165, 1.54) is 17.0 Å². The average Bonchev–Trinajstić information content (AvgIpc) is 2.13. The molecule has 0 fully saturated rings. The molecule has 0 bridgehead atoms. The average molecular weight is 292 g/mol. The molecule has 1 atom stereocenters. The maximum atomic E-state index is 12.7. The van der Waals surface area contributed by atoms with Crippen molar-refractivity contribution in [2.75, 3.05) is 0 Å². The zero-order valence-corrected chi connectivity index (χ0v) is 13.7. The van der Waals surface area contributed by atoms with Crippen LogP contribution in [0.25, 0.3) is 0 Å². The van der Waals surface area contributed by atoms with Crippen molar-refractivity contribution in [3.05, 3.63) is 11.6 Å². The van der Waals surface area contributed by atoms with Crippen molar-refractivity contribution < 1.29 is 13.6 Å². The third kappa shape index (κ3) is 5.92. The molecule has 0 aromatic carbocycles. The Balaban J connectivity index is 2.71. The maximum absolute atomic E-state index is 12.7. The van der Waals surface area contributed by atoms with Crippen LogP contribution in [0, 0.1) is 0 Å². The summed E-state index contributed by atoms with van der Waals surface area (Å²) < 4.78 is 23.8. The van der Waals surface area contributed by atoms with Crippen LogP contribution in [0.15, 0.2) is 11.6 Å². The standard InChI is InChI=1S/C13H25O3PS/c1-10(2)15-17(14,16-11(3)4)18-13-8-6-7-12(5)9-13/h9-11,13H,6-8H2,1-5H3. The third-order valence-electron chi connectivity index (χ3n) is 2.47. The third-order valence-corrected chi connectivity index (χ3v) is 6.84. The number of hydrogen-bond donors (Lipinski definition) is 0. The van der Waals surface area contributed by atoms with E-state index in [0.29, 0.717) is 0 Å². The Morgan fingerprint density at radius 1 is 1.28 bits per heavy atom. The molecule has 0 aromatic rings. The van der Waals surface area contributed by atoms with Gasteiger partial charge in [0, 0.05) is 5.25 Å². The minimum Gasteiger partial charge on any atom is -0.298 e. The van der Waals surface area contributed by atoms with Gasteiger partial charge in [0.25, 0.3) is 0 Å². The van der Waals surface area contributed by atoms with E-state index >= 15 is 0 Å². The molecule has 1 rings (SSSR count). The molecule has 18 heavy (non-hydrogen) atoms. The van der Waals surface area contributed by atoms with Gasteiger partial charge in [-0.25, -0.2) is 4.57 Å². The van der Waals surface area contributed by atoms with Gasteiger partial charge in [0.05, 0.1) is 12.2 Å². The molecular weight excluding hydrogens is 267 g/mol. The fourth-order valence-corrected chi connectivity index (χ4v) is 6.81. The summed E-state index contributed by atoms with van der Waals surface area (Å²) in [6.45, 7) is 6.63. The van der Waals surface area contributed by atoms with Crippen molar-refractivity contribution in [1.29, 1.82) is 0 Å². The number of allylic oxidation sites excluding steroid dienone is 1. The van der Waals surface area contributed by atoms with Gasteiger partial charge in [0.2, 0.25) is 0 Å². The largest absolute Gasteiger partial charge is 0.390 e. The van der Waals surface area contributed by atoms with Crippen LogP contribution >= 0.6 is 18.2 Å². The topological polar surface area (TPSA) is 35.5 Å². The minimum atomic E-state index is -3.05. The Hall–Kier alpha value is 0.240. The molecule has 106 valence electrons. The molecule has 0 amide bonds. The highest BCUT2D eigenvalue weighted by Crippen LogP contribution is 2.64. The van der Waals surface area contributed by atoms with Crippen LogP contribution < -0.4 is 0 Å². The van der Waals surface area contributed by atoms with E-state index in [-0.39, 0.29) is 17.5 Å². The monoisotopic (exact) mass is 292 g/mol. The van der Waals surface area contributed by atoms with Crippen molar-refractivity contribution in [2.45, 2.75) is 71.3 Å². The lowest BCUT2D eigenvalue weighted by Gasteiger charge is -2.26. The lowest BCUT2D eigenvalue weighted by molar-refractivity contribution is 0.155. The van der Waals surface area contributed by atoms with E-state index in [2.05, 4.69) is 13.0 Å². The van der Waals surface area contributed by atoms with Gasteiger partial charge in [0.15, 0.2) is 0 Å². The highest BCUT2D eigenvalue weighted by atomic mass is 32.7. The Morgan fingerprint density at radius 2 is 1.83 bits per heavy atom. The summed E-state index contributed by atoms with van der Waals surface area (Å²) in [5, 5.41) is 0.252. The van der Waals surface area contributed by atoms with Crippen LogP contribution in [0.3, 0.4) is 0 Å². The van der Waals surface area contributed by atoms with Gasteiger partial charge >= 0.3 is 6.80 Å². The lowest BCUT2D eigenvalue weighted by Crippen LogP contribution is -2.10. The maximum Gasteiger partial charge on any atom is 0.390 e. The van der Waals surface area contributed by atoms with Crippen molar-refractivity contribution in [3.63, 3.8) is 0 Å². The zero-order chi connectivity index (χ0) is 13.8. The van der Waals surface area contributed by atoms with Gasteiger partial charge in [-0.1, -0.05) is 11.6 Å². The smallest absolute Gasteiger partial charge is 0.298 e. The first-order valence-electron chi connectivity index (χ1n) is 6.63. The summed E-state index contributed by atoms with van der Waals surface area (Å²) in [4.78, 5) is 0. The molecule has 5 heteroatoms. The quantitative estimate of drug-likeness (QED) is 0.499. The Labute approximate surface area is 115 Å². The van der Waals surface area contributed by atoms with Crippen molar-refractivity contribution in [3.8, 4) is 0 Å². The highest BCUT2D eigenvalue weighted by Gasteiger charge is 2.32. The first kappa shape index (κ1) is 16.3. The van der Waals surface area contributed by atoms with Crippen molar-refractivity contribution >= 4 is 18.2 Å². The lowest BCUT2D eigenvalue weighted by atomic mass is 10.0. The molecule has 0 aliphatic heterocycles. The van der Waals surface area contributed by atoms with Gasteiger partial charge in [-0.3, -0.25) is 9.05 Å². The molecule has 0 heterocycles. The van der Waals surface area contributed by atoms with Gasteiger partial charge < -0.3 is 0 Å². The first-order chi connectivity index (χ1) is 8.31. The molecule has 0 spiro atoms. The second-order valence-electron chi connectivity index (χ2n) is 5.30. The van der Waals surface area contributed by atoms with E-state index < -0.39 is 6.80 Å². The molecule has 1 aliphatic rings. The van der Waals surface area contributed by atoms with E-state index in [1.807, 2.05) is 27.7 Å². The van der Waals surface area contributed by atoms with Crippen LogP contribution in [-0.4, -0.2) is 17.5 Å². The molecule has 0 saturated heterocycles. The summed E-state index contributed by atoms with van der Waals surface area (Å²) in [5.74, 6) is 0. The van der Waals surface area contributed by atoms with Gasteiger partial charge in [-0.15, -0.1) is 0 Å². The van der Waals surface area contributed by atoms with E-state index in [1.54, 1.807) is 0 Å². The molecule has 0 radical (unpaired) electrons. The zero-order valence-electron chi connectivity index (χ0n) is 12.0. The molecule has 0 N–H and O–H groups in total. The van der Waals surface area contributed by atoms with Gasteiger partial charge in [0.1, 0.15) is 0 Å². The summed E-state index contributed by atoms with van der Waals surface area (Å²) in [5.41, 5.74) is 1.37. The summed E-state index contributed by atoms with van der Waals surface area (Å²) >= 11 is 1.36. The molecule has 1 aliphatic carbocycles. The van der Waals surface area contributed by atoms with Crippen LogP contribution in [0.1, 0.15) is 53.9 Å². The Kier molecular flexibility index (Phi) is 6.46. The second-order valence-corrected chi connectivity index (χ2v) is 9.41. The summed E-state index contributed by atoms with van der Waals surface area (Å²) in [7, 11) is 0. The van der Waals surface area contributed by atoms with E-state index in [0.717, 1.165) is 19.3 Å². The fourth-order valence-electron chi connectivity index (χ4n) is 1.91. The SMILES string of the molecule is CC1=CC(SP(=O)(OC(C)C)OC(C)C)CCC1. The molecule has 0 aromatic heterocycles. The predicted molar refractivity (Wildman–Crippen MR) is 79.0 cm³/mol. The van der Waals surface area contributed by atoms with Crippen LogP contribution in [0.2, 0.25) is 0 Å². The van der Waals surface area contributed by atoms with Crippen molar-refractivity contribution in [1.82, 2.24) is 0 Å². The summed E-state index contributed by atoms with van der Waals surface area (Å²) in [6.07, 6.45) is 5.38. The van der Waals surface area contributed by atoms with E-state index in [9.17, 15) is 4.57 Å². The van der Waals surface area contributed by atoms with Gasteiger partial charge in [-0.05, 0) is 65.3 Å². The predicted octanol–water partition coefficient (Wildman–Crippen LogP) is 5.18. The highest BCUT2D eigenvalue weighted by molar-refractivity contribution is 8.55. The van der Waals surface area contributed by atoms with Crippen LogP contribution in [-0.2, 0) is 13.6 Å². The van der Waals surface area contributed by atoms with Crippen LogP contribution in [0.5, 0.6) is 0 Å². The Morgan fingerprint density at radius 3 is 2.28 bits per heavy atom. The first-order valence-corrected chi connectivity index (χ1v) is 9.66. The molecule has 0 saturated carbocycles. The summed E-state index contributed by atoms with van der Waals surface area (Å²) in [6, 6.07) is 0. The van der Waals surface area contributed by atoms with Crippen molar-refractivity contribution in [2.24, 2.45) is 0 Å². The number of rotatable bonds is 6. The normalized spacial score (nSPS) is 21.5. The Bertz CT molecular complexity index is 325.